The van der Waals surface area contributed by atoms with Crippen molar-refractivity contribution in [3.05, 3.63) is 62.1 Å². The molecule has 0 fully saturated rings. The van der Waals surface area contributed by atoms with Crippen LogP contribution >= 0.6 is 34.4 Å². The van der Waals surface area contributed by atoms with E-state index < -0.39 is 0 Å². The van der Waals surface area contributed by atoms with Gasteiger partial charge in [-0.2, -0.15) is 0 Å². The predicted octanol–water partition coefficient (Wildman–Crippen LogP) is 5.38. The van der Waals surface area contributed by atoms with Crippen LogP contribution in [0.25, 0.3) is 20.7 Å². The van der Waals surface area contributed by atoms with Crippen molar-refractivity contribution in [2.24, 2.45) is 7.05 Å². The van der Waals surface area contributed by atoms with Crippen LogP contribution in [0.4, 0.5) is 5.69 Å². The smallest absolute Gasteiger partial charge is 0.263 e. The molecule has 0 spiro atoms. The molecule has 8 heteroatoms. The van der Waals surface area contributed by atoms with Crippen molar-refractivity contribution < 1.29 is 4.79 Å². The summed E-state index contributed by atoms with van der Waals surface area (Å²) in [4.78, 5) is 32.0. The van der Waals surface area contributed by atoms with E-state index >= 15 is 0 Å². The maximum absolute atomic E-state index is 13.0. The average Bonchev–Trinajstić information content (AvgIpc) is 3.35. The summed E-state index contributed by atoms with van der Waals surface area (Å²) in [6, 6.07) is 8.09. The number of hydrogen-bond acceptors (Lipinski definition) is 6. The lowest BCUT2D eigenvalue weighted by molar-refractivity contribution is -0.113. The van der Waals surface area contributed by atoms with Crippen LogP contribution < -0.4 is 10.9 Å². The number of rotatable bonds is 5. The monoisotopic (exact) mass is 455 g/mol. The molecule has 4 rings (SSSR count). The number of amides is 1. The molecule has 1 amide bonds. The molecule has 30 heavy (non-hydrogen) atoms. The number of thiophene rings is 2. The Bertz CT molecular complexity index is 1280. The number of aryl methyl sites for hydroxylation is 3. The molecule has 0 aliphatic carbocycles. The molecule has 0 atom stereocenters. The molecule has 5 nitrogen and oxygen atoms in total. The van der Waals surface area contributed by atoms with Gasteiger partial charge in [-0.05, 0) is 43.3 Å². The molecule has 0 aliphatic heterocycles. The molecule has 1 N–H and O–H groups in total. The van der Waals surface area contributed by atoms with Crippen LogP contribution in [-0.2, 0) is 11.8 Å². The van der Waals surface area contributed by atoms with E-state index in [2.05, 4.69) is 22.4 Å². The molecule has 1 aromatic carbocycles. The molecule has 0 saturated heterocycles. The molecular formula is C22H21N3O2S3. The van der Waals surface area contributed by atoms with Gasteiger partial charge < -0.3 is 5.32 Å². The number of aromatic nitrogens is 2. The Kier molecular flexibility index (Phi) is 5.81. The van der Waals surface area contributed by atoms with Crippen LogP contribution in [0.3, 0.4) is 0 Å². The highest BCUT2D eigenvalue weighted by atomic mass is 32.2. The molecular weight excluding hydrogens is 434 g/mol. The quantitative estimate of drug-likeness (QED) is 0.324. The Morgan fingerprint density at radius 1 is 1.20 bits per heavy atom. The standard InChI is InChI=1S/C22H21N3O2S3/c1-12-8-13(2)19(14(3)9-12)23-17(26)11-30-22-24-20-18(21(27)25(22)4)15(10-29-20)16-6-5-7-28-16/h5-10H,11H2,1-4H3,(H,23,26). The minimum Gasteiger partial charge on any atom is -0.325 e. The van der Waals surface area contributed by atoms with E-state index in [1.807, 2.05) is 43.7 Å². The van der Waals surface area contributed by atoms with Gasteiger partial charge in [0.2, 0.25) is 5.91 Å². The van der Waals surface area contributed by atoms with Gasteiger partial charge in [-0.15, -0.1) is 22.7 Å². The highest BCUT2D eigenvalue weighted by molar-refractivity contribution is 7.99. The minimum atomic E-state index is -0.116. The van der Waals surface area contributed by atoms with E-state index in [1.54, 1.807) is 18.4 Å². The van der Waals surface area contributed by atoms with Crippen molar-refractivity contribution in [1.29, 1.82) is 0 Å². The Morgan fingerprint density at radius 3 is 2.60 bits per heavy atom. The summed E-state index contributed by atoms with van der Waals surface area (Å²) >= 11 is 4.34. The van der Waals surface area contributed by atoms with Crippen LogP contribution in [0.1, 0.15) is 16.7 Å². The number of thioether (sulfide) groups is 1. The summed E-state index contributed by atoms with van der Waals surface area (Å²) < 4.78 is 1.53. The molecule has 0 unspecified atom stereocenters. The molecule has 0 saturated carbocycles. The first kappa shape index (κ1) is 20.8. The normalized spacial score (nSPS) is 11.2. The molecule has 3 heterocycles. The second-order valence-electron chi connectivity index (χ2n) is 7.18. The van der Waals surface area contributed by atoms with Gasteiger partial charge >= 0.3 is 0 Å². The Hall–Kier alpha value is -2.42. The van der Waals surface area contributed by atoms with E-state index in [-0.39, 0.29) is 17.2 Å². The van der Waals surface area contributed by atoms with Crippen molar-refractivity contribution in [1.82, 2.24) is 9.55 Å². The highest BCUT2D eigenvalue weighted by Gasteiger charge is 2.17. The topological polar surface area (TPSA) is 64.0 Å². The van der Waals surface area contributed by atoms with Crippen LogP contribution in [0.15, 0.2) is 45.0 Å². The first-order valence-electron chi connectivity index (χ1n) is 9.37. The van der Waals surface area contributed by atoms with E-state index in [9.17, 15) is 9.59 Å². The molecule has 3 aromatic heterocycles. The first-order chi connectivity index (χ1) is 14.3. The van der Waals surface area contributed by atoms with Gasteiger partial charge in [0.1, 0.15) is 4.83 Å². The maximum Gasteiger partial charge on any atom is 0.263 e. The number of fused-ring (bicyclic) bond motifs is 1. The summed E-state index contributed by atoms with van der Waals surface area (Å²) in [6.45, 7) is 6.02. The molecule has 0 radical (unpaired) electrons. The fraction of sp³-hybridized carbons (Fsp3) is 0.227. The number of carbonyl (C=O) groups is 1. The zero-order valence-electron chi connectivity index (χ0n) is 17.1. The average molecular weight is 456 g/mol. The van der Waals surface area contributed by atoms with Gasteiger partial charge in [0, 0.05) is 28.6 Å². The molecule has 4 aromatic rings. The minimum absolute atomic E-state index is 0.0854. The lowest BCUT2D eigenvalue weighted by Crippen LogP contribution is -2.21. The number of nitrogens with one attached hydrogen (secondary N) is 1. The number of benzene rings is 1. The van der Waals surface area contributed by atoms with Gasteiger partial charge in [-0.1, -0.05) is 35.5 Å². The van der Waals surface area contributed by atoms with Crippen LogP contribution in [-0.4, -0.2) is 21.2 Å². The maximum atomic E-state index is 13.0. The summed E-state index contributed by atoms with van der Waals surface area (Å²) in [5, 5.41) is 8.16. The van der Waals surface area contributed by atoms with E-state index in [0.29, 0.717) is 15.4 Å². The van der Waals surface area contributed by atoms with E-state index in [0.717, 1.165) is 27.3 Å². The summed E-state index contributed by atoms with van der Waals surface area (Å²) in [5.74, 6) is 0.0664. The molecule has 154 valence electrons. The van der Waals surface area contributed by atoms with Crippen LogP contribution in [0.5, 0.6) is 0 Å². The third kappa shape index (κ3) is 3.95. The molecule has 0 aliphatic rings. The van der Waals surface area contributed by atoms with Gasteiger partial charge in [0.05, 0.1) is 11.1 Å². The Balaban J connectivity index is 1.56. The SMILES string of the molecule is Cc1cc(C)c(NC(=O)CSc2nc3scc(-c4cccs4)c3c(=O)n2C)c(C)c1. The lowest BCUT2D eigenvalue weighted by Gasteiger charge is -2.13. The van der Waals surface area contributed by atoms with Gasteiger partial charge in [0.15, 0.2) is 5.16 Å². The Morgan fingerprint density at radius 2 is 1.93 bits per heavy atom. The second kappa shape index (κ2) is 8.37. The van der Waals surface area contributed by atoms with Crippen LogP contribution in [0, 0.1) is 20.8 Å². The number of anilines is 1. The fourth-order valence-electron chi connectivity index (χ4n) is 3.48. The zero-order valence-corrected chi connectivity index (χ0v) is 19.6. The first-order valence-corrected chi connectivity index (χ1v) is 12.1. The summed E-state index contributed by atoms with van der Waals surface area (Å²) in [6.07, 6.45) is 0. The third-order valence-corrected chi connectivity index (χ3v) is 7.64. The van der Waals surface area contributed by atoms with Gasteiger partial charge in [-0.3, -0.25) is 14.2 Å². The van der Waals surface area contributed by atoms with Crippen molar-refractivity contribution in [2.75, 3.05) is 11.1 Å². The number of nitrogens with zero attached hydrogens (tertiary/aromatic N) is 2. The summed E-state index contributed by atoms with van der Waals surface area (Å²) in [7, 11) is 1.71. The Labute approximate surface area is 186 Å². The second-order valence-corrected chi connectivity index (χ2v) is 9.92. The fourth-order valence-corrected chi connectivity index (χ4v) is 6.05. The van der Waals surface area contributed by atoms with E-state index in [4.69, 9.17) is 0 Å². The highest BCUT2D eigenvalue weighted by Crippen LogP contribution is 2.34. The summed E-state index contributed by atoms with van der Waals surface area (Å²) in [5.41, 5.74) is 4.94. The lowest BCUT2D eigenvalue weighted by atomic mass is 10.1. The van der Waals surface area contributed by atoms with Crippen molar-refractivity contribution in [3.8, 4) is 10.4 Å². The molecule has 0 bridgehead atoms. The zero-order chi connectivity index (χ0) is 21.4. The number of carbonyl (C=O) groups excluding carboxylic acids is 1. The van der Waals surface area contributed by atoms with Crippen molar-refractivity contribution >= 4 is 56.2 Å². The van der Waals surface area contributed by atoms with Gasteiger partial charge in [-0.25, -0.2) is 4.98 Å². The number of hydrogen-bond donors (Lipinski definition) is 1. The van der Waals surface area contributed by atoms with Crippen molar-refractivity contribution in [2.45, 2.75) is 25.9 Å². The van der Waals surface area contributed by atoms with Gasteiger partial charge in [0.25, 0.3) is 5.56 Å². The largest absolute Gasteiger partial charge is 0.325 e. The van der Waals surface area contributed by atoms with Crippen molar-refractivity contribution in [3.63, 3.8) is 0 Å². The third-order valence-electron chi connectivity index (χ3n) is 4.83. The van der Waals surface area contributed by atoms with Crippen LogP contribution in [0.2, 0.25) is 0 Å². The predicted molar refractivity (Wildman–Crippen MR) is 128 cm³/mol. The van der Waals surface area contributed by atoms with E-state index in [1.165, 1.54) is 33.2 Å².